The Balaban J connectivity index is 2.97. The van der Waals surface area contributed by atoms with E-state index in [9.17, 15) is 4.79 Å². The van der Waals surface area contributed by atoms with Crippen LogP contribution in [0.1, 0.15) is 6.42 Å². The number of hydrogen-bond donors (Lipinski definition) is 0. The average Bonchev–Trinajstić information content (AvgIpc) is 2.05. The van der Waals surface area contributed by atoms with Crippen LogP contribution in [0.15, 0.2) is 24.3 Å². The van der Waals surface area contributed by atoms with E-state index in [0.29, 0.717) is 6.42 Å². The number of rotatable bonds is 1. The molecule has 0 spiro atoms. The topological polar surface area (TPSA) is 40.9 Å². The fraction of sp³-hybridized carbons (Fsp3) is 0.250. The molecule has 0 saturated heterocycles. The Morgan fingerprint density at radius 1 is 1.64 bits per heavy atom. The van der Waals surface area contributed by atoms with Gasteiger partial charge in [-0.25, -0.2) is 0 Å². The van der Waals surface area contributed by atoms with Crippen LogP contribution in [0.5, 0.6) is 0 Å². The highest BCUT2D eigenvalue weighted by molar-refractivity contribution is 6.65. The second-order valence-electron chi connectivity index (χ2n) is 2.35. The molecule has 0 N–H and O–H groups in total. The number of allylic oxidation sites excluding steroid dienone is 4. The van der Waals surface area contributed by atoms with E-state index < -0.39 is 10.7 Å². The average molecular weight is 168 g/mol. The Labute approximate surface area is 69.8 Å². The van der Waals surface area contributed by atoms with Crippen LogP contribution in [-0.2, 0) is 4.79 Å². The first-order chi connectivity index (χ1) is 5.21. The molecule has 1 unspecified atom stereocenters. The summed E-state index contributed by atoms with van der Waals surface area (Å²) in [6, 6.07) is 1.90. The molecule has 1 aliphatic rings. The van der Waals surface area contributed by atoms with Gasteiger partial charge in [0.25, 0.3) is 0 Å². The van der Waals surface area contributed by atoms with E-state index in [2.05, 4.69) is 0 Å². The normalized spacial score (nSPS) is 28.0. The highest BCUT2D eigenvalue weighted by atomic mass is 35.5. The zero-order valence-electron chi connectivity index (χ0n) is 5.75. The first-order valence-electron chi connectivity index (χ1n) is 3.17. The molecular formula is C8H6ClNO. The molecule has 0 amide bonds. The van der Waals surface area contributed by atoms with Gasteiger partial charge >= 0.3 is 0 Å². The molecule has 56 valence electrons. The van der Waals surface area contributed by atoms with Gasteiger partial charge in [0.2, 0.25) is 5.24 Å². The Hall–Kier alpha value is -1.07. The first-order valence-corrected chi connectivity index (χ1v) is 3.55. The van der Waals surface area contributed by atoms with Crippen molar-refractivity contribution in [2.45, 2.75) is 6.42 Å². The van der Waals surface area contributed by atoms with E-state index in [4.69, 9.17) is 16.9 Å². The second kappa shape index (κ2) is 2.89. The molecule has 0 heterocycles. The Morgan fingerprint density at radius 3 is 2.64 bits per heavy atom. The van der Waals surface area contributed by atoms with Crippen LogP contribution >= 0.6 is 11.6 Å². The van der Waals surface area contributed by atoms with Crippen molar-refractivity contribution < 1.29 is 4.79 Å². The van der Waals surface area contributed by atoms with Gasteiger partial charge in [0.15, 0.2) is 5.41 Å². The summed E-state index contributed by atoms with van der Waals surface area (Å²) in [4.78, 5) is 10.8. The van der Waals surface area contributed by atoms with Gasteiger partial charge in [0.05, 0.1) is 6.07 Å². The van der Waals surface area contributed by atoms with Crippen LogP contribution in [-0.4, -0.2) is 5.24 Å². The summed E-state index contributed by atoms with van der Waals surface area (Å²) in [7, 11) is 0. The largest absolute Gasteiger partial charge is 0.279 e. The molecule has 0 aliphatic heterocycles. The van der Waals surface area contributed by atoms with E-state index in [1.165, 1.54) is 6.08 Å². The molecule has 0 bridgehead atoms. The maximum atomic E-state index is 10.8. The van der Waals surface area contributed by atoms with Crippen LogP contribution in [0, 0.1) is 16.7 Å². The lowest BCUT2D eigenvalue weighted by molar-refractivity contribution is -0.116. The van der Waals surface area contributed by atoms with Crippen LogP contribution in [0.4, 0.5) is 0 Å². The smallest absolute Gasteiger partial charge is 0.246 e. The lowest BCUT2D eigenvalue weighted by Gasteiger charge is -2.17. The van der Waals surface area contributed by atoms with Crippen LogP contribution in [0.2, 0.25) is 0 Å². The third-order valence-corrected chi connectivity index (χ3v) is 1.96. The van der Waals surface area contributed by atoms with E-state index in [0.717, 1.165) is 0 Å². The third-order valence-electron chi connectivity index (χ3n) is 1.62. The van der Waals surface area contributed by atoms with Gasteiger partial charge in [-0.15, -0.1) is 0 Å². The number of carbonyl (C=O) groups excluding carboxylic acids is 1. The number of carbonyl (C=O) groups is 1. The zero-order chi connectivity index (χ0) is 8.32. The van der Waals surface area contributed by atoms with Crippen molar-refractivity contribution in [3.05, 3.63) is 24.3 Å². The summed E-state index contributed by atoms with van der Waals surface area (Å²) in [5.74, 6) is 0. The molecule has 0 aromatic heterocycles. The van der Waals surface area contributed by atoms with Crippen molar-refractivity contribution >= 4 is 16.8 Å². The summed E-state index contributed by atoms with van der Waals surface area (Å²) >= 11 is 5.27. The minimum absolute atomic E-state index is 0.377. The minimum Gasteiger partial charge on any atom is -0.279 e. The fourth-order valence-electron chi connectivity index (χ4n) is 0.893. The number of hydrogen-bond acceptors (Lipinski definition) is 2. The van der Waals surface area contributed by atoms with Gasteiger partial charge in [0.1, 0.15) is 0 Å². The summed E-state index contributed by atoms with van der Waals surface area (Å²) in [6.07, 6.45) is 7.11. The monoisotopic (exact) mass is 167 g/mol. The van der Waals surface area contributed by atoms with Crippen molar-refractivity contribution in [1.82, 2.24) is 0 Å². The van der Waals surface area contributed by atoms with E-state index in [1.54, 1.807) is 18.2 Å². The number of nitriles is 1. The molecule has 0 radical (unpaired) electrons. The molecule has 0 aromatic rings. The summed E-state index contributed by atoms with van der Waals surface area (Å²) < 4.78 is 0. The molecule has 0 fully saturated rings. The van der Waals surface area contributed by atoms with Crippen LogP contribution < -0.4 is 0 Å². The Morgan fingerprint density at radius 2 is 2.36 bits per heavy atom. The van der Waals surface area contributed by atoms with Gasteiger partial charge in [-0.3, -0.25) is 4.79 Å². The molecule has 3 heteroatoms. The van der Waals surface area contributed by atoms with Crippen molar-refractivity contribution in [2.24, 2.45) is 5.41 Å². The second-order valence-corrected chi connectivity index (χ2v) is 2.69. The Bertz CT molecular complexity index is 274. The fourth-order valence-corrected chi connectivity index (χ4v) is 1.08. The molecule has 0 saturated carbocycles. The molecule has 0 aromatic carbocycles. The standard InChI is InChI=1S/C8H6ClNO/c9-7(11)8(6-10)4-2-1-3-5-8/h1-4H,5H2. The van der Waals surface area contributed by atoms with E-state index in [1.807, 2.05) is 6.07 Å². The summed E-state index contributed by atoms with van der Waals surface area (Å²) in [5, 5.41) is 8.06. The van der Waals surface area contributed by atoms with Crippen molar-refractivity contribution in [3.63, 3.8) is 0 Å². The maximum Gasteiger partial charge on any atom is 0.246 e. The SMILES string of the molecule is N#CC1(C(=O)Cl)C=CC=CC1. The minimum atomic E-state index is -1.11. The van der Waals surface area contributed by atoms with Gasteiger partial charge in [-0.05, 0) is 18.0 Å². The molecule has 1 atom stereocenters. The van der Waals surface area contributed by atoms with Crippen molar-refractivity contribution in [2.75, 3.05) is 0 Å². The van der Waals surface area contributed by atoms with Gasteiger partial charge < -0.3 is 0 Å². The predicted octanol–water partition coefficient (Wildman–Crippen LogP) is 1.78. The third kappa shape index (κ3) is 1.33. The molecule has 11 heavy (non-hydrogen) atoms. The lowest BCUT2D eigenvalue weighted by atomic mass is 9.85. The van der Waals surface area contributed by atoms with Crippen LogP contribution in [0.25, 0.3) is 0 Å². The maximum absolute atomic E-state index is 10.8. The lowest BCUT2D eigenvalue weighted by Crippen LogP contribution is -2.23. The first kappa shape index (κ1) is 8.03. The summed E-state index contributed by atoms with van der Waals surface area (Å²) in [5.41, 5.74) is -1.11. The Kier molecular flexibility index (Phi) is 2.11. The van der Waals surface area contributed by atoms with Crippen molar-refractivity contribution in [3.8, 4) is 6.07 Å². The molecule has 2 nitrogen and oxygen atoms in total. The molecular weight excluding hydrogens is 162 g/mol. The quantitative estimate of drug-likeness (QED) is 0.559. The predicted molar refractivity (Wildman–Crippen MR) is 41.8 cm³/mol. The van der Waals surface area contributed by atoms with E-state index >= 15 is 0 Å². The molecule has 1 aliphatic carbocycles. The van der Waals surface area contributed by atoms with E-state index in [-0.39, 0.29) is 0 Å². The summed E-state index contributed by atoms with van der Waals surface area (Å²) in [6.45, 7) is 0. The van der Waals surface area contributed by atoms with Gasteiger partial charge in [-0.2, -0.15) is 5.26 Å². The van der Waals surface area contributed by atoms with Gasteiger partial charge in [0, 0.05) is 0 Å². The van der Waals surface area contributed by atoms with Crippen LogP contribution in [0.3, 0.4) is 0 Å². The highest BCUT2D eigenvalue weighted by Gasteiger charge is 2.34. The molecule has 1 rings (SSSR count). The van der Waals surface area contributed by atoms with Crippen molar-refractivity contribution in [1.29, 1.82) is 5.26 Å². The van der Waals surface area contributed by atoms with Gasteiger partial charge in [-0.1, -0.05) is 24.3 Å². The number of nitrogens with zero attached hydrogens (tertiary/aromatic N) is 1. The zero-order valence-corrected chi connectivity index (χ0v) is 6.51. The highest BCUT2D eigenvalue weighted by Crippen LogP contribution is 2.29. The number of halogens is 1.